The number of hydrogen-bond donors (Lipinski definition) is 6. The van der Waals surface area contributed by atoms with Crippen molar-refractivity contribution in [3.63, 3.8) is 0 Å². The zero-order valence-electron chi connectivity index (χ0n) is 23.3. The fraction of sp³-hybridized carbons (Fsp3) is 1.00. The van der Waals surface area contributed by atoms with Crippen molar-refractivity contribution < 1.29 is 63.8 Å². The van der Waals surface area contributed by atoms with Crippen LogP contribution in [0.2, 0.25) is 0 Å². The molecule has 6 radical (unpaired) electrons. The molecule has 6 heterocycles. The van der Waals surface area contributed by atoms with Crippen LogP contribution in [0.5, 0.6) is 0 Å². The molecule has 6 saturated heterocycles. The summed E-state index contributed by atoms with van der Waals surface area (Å²) in [6.45, 7) is 0.949. The first kappa shape index (κ1) is 33.6. The van der Waals surface area contributed by atoms with E-state index < -0.39 is 51.6 Å². The Labute approximate surface area is 243 Å². The summed E-state index contributed by atoms with van der Waals surface area (Å²) in [6, 6.07) is -1.59. The Kier molecular flexibility index (Phi) is 10.6. The van der Waals surface area contributed by atoms with Crippen LogP contribution in [-0.2, 0) is 33.2 Å². The summed E-state index contributed by atoms with van der Waals surface area (Å²) >= 11 is 0. The Balaban J connectivity index is 0.000000142. The van der Waals surface area contributed by atoms with Crippen molar-refractivity contribution in [1.29, 1.82) is 0 Å². The number of rotatable bonds is 3. The Morgan fingerprint density at radius 3 is 1.49 bits per heavy atom. The van der Waals surface area contributed by atoms with Crippen LogP contribution in [0.25, 0.3) is 0 Å². The summed E-state index contributed by atoms with van der Waals surface area (Å²) in [4.78, 5) is 0. The monoisotopic (exact) mass is 582 g/mol. The second-order valence-electron chi connectivity index (χ2n) is 11.9. The summed E-state index contributed by atoms with van der Waals surface area (Å²) in [5, 5.41) is 58.6. The summed E-state index contributed by atoms with van der Waals surface area (Å²) in [6.07, 6.45) is 2.81. The maximum atomic E-state index is 10.4. The molecular weight excluding hydrogens is 541 g/mol. The van der Waals surface area contributed by atoms with E-state index in [1.807, 2.05) is 0 Å². The molecule has 0 saturated carbocycles. The molecule has 0 aromatic rings. The topological polar surface area (TPSA) is 186 Å². The lowest BCUT2D eigenvalue weighted by atomic mass is 9.77. The van der Waals surface area contributed by atoms with Gasteiger partial charge in [0.2, 0.25) is 0 Å². The molecule has 41 heavy (non-hydrogen) atoms. The maximum absolute atomic E-state index is 10.4. The minimum absolute atomic E-state index is 0.0707. The van der Waals surface area contributed by atoms with Crippen molar-refractivity contribution in [3.05, 3.63) is 0 Å². The molecule has 6 aliphatic rings. The zero-order valence-corrected chi connectivity index (χ0v) is 23.3. The van der Waals surface area contributed by atoms with E-state index in [1.165, 1.54) is 0 Å². The van der Waals surface area contributed by atoms with Gasteiger partial charge in [0.15, 0.2) is 0 Å². The van der Waals surface area contributed by atoms with Crippen molar-refractivity contribution >= 4 is 23.5 Å². The summed E-state index contributed by atoms with van der Waals surface area (Å²) in [5.41, 5.74) is -6.44. The van der Waals surface area contributed by atoms with E-state index in [0.29, 0.717) is 38.9 Å². The number of hydrogen-bond acceptors (Lipinski definition) is 13. The van der Waals surface area contributed by atoms with Gasteiger partial charge < -0.3 is 63.8 Å². The van der Waals surface area contributed by atoms with Gasteiger partial charge in [-0.05, 0) is 32.1 Å². The van der Waals surface area contributed by atoms with Crippen LogP contribution in [0.1, 0.15) is 38.5 Å². The standard InChI is InChI=1S/C9H15BO4.C8H13BO5.C8H13BO4/c10-7-4-8(12)2-1-3-13-6-9(8,5-11)14-7;9-6-1-7(11)3-12-5-13-4-8(7,2-10)14-6;9-6-3-7(11)1-2-12-5-8(7,4-10)13-6/h7,11-12H,1-6H2;6,10-11H,1-5H2;6,10-11H,1-5H2/t7-,8+,9?;6-,7-,8?;6-,7+,8?/m111/s1. The van der Waals surface area contributed by atoms with Crippen molar-refractivity contribution in [3.8, 4) is 0 Å². The molecule has 6 aliphatic heterocycles. The van der Waals surface area contributed by atoms with Crippen LogP contribution in [-0.4, -0.2) is 172 Å². The maximum Gasteiger partial charge on any atom is 0.147 e. The van der Waals surface area contributed by atoms with E-state index in [1.54, 1.807) is 0 Å². The van der Waals surface area contributed by atoms with E-state index in [2.05, 4.69) is 0 Å². The molecule has 3 unspecified atom stereocenters. The Morgan fingerprint density at radius 1 is 0.537 bits per heavy atom. The number of aliphatic hydroxyl groups is 6. The van der Waals surface area contributed by atoms with Gasteiger partial charge in [-0.1, -0.05) is 0 Å². The van der Waals surface area contributed by atoms with Crippen molar-refractivity contribution in [2.75, 3.05) is 66.3 Å². The molecule has 0 spiro atoms. The lowest BCUT2D eigenvalue weighted by Gasteiger charge is -2.42. The Bertz CT molecular complexity index is 833. The predicted octanol–water partition coefficient (Wildman–Crippen LogP) is -3.67. The van der Waals surface area contributed by atoms with Crippen molar-refractivity contribution in [1.82, 2.24) is 0 Å². The molecule has 9 atom stereocenters. The van der Waals surface area contributed by atoms with E-state index in [-0.39, 0.29) is 59.5 Å². The molecule has 0 aromatic heterocycles. The molecule has 0 amide bonds. The third-order valence-corrected chi connectivity index (χ3v) is 9.11. The fourth-order valence-electron chi connectivity index (χ4n) is 6.58. The van der Waals surface area contributed by atoms with Crippen molar-refractivity contribution in [2.24, 2.45) is 0 Å². The van der Waals surface area contributed by atoms with Crippen LogP contribution >= 0.6 is 0 Å². The smallest absolute Gasteiger partial charge is 0.147 e. The molecule has 0 bridgehead atoms. The molecule has 6 N–H and O–H groups in total. The van der Waals surface area contributed by atoms with Crippen LogP contribution in [0, 0.1) is 0 Å². The molecule has 0 aliphatic carbocycles. The SMILES string of the molecule is [B][C@H]1C[C@@]2(O)CCCOCC2(CO)O1.[B][C@H]1C[C@@]2(O)CCOCC2(CO)O1.[B][C@H]1C[C@@]2(O)COCOCC2(CO)O1. The number of fused-ring (bicyclic) bond motifs is 3. The minimum Gasteiger partial charge on any atom is -0.393 e. The van der Waals surface area contributed by atoms with Gasteiger partial charge in [-0.15, -0.1) is 0 Å². The summed E-state index contributed by atoms with van der Waals surface area (Å²) < 4.78 is 36.8. The second-order valence-corrected chi connectivity index (χ2v) is 11.9. The largest absolute Gasteiger partial charge is 0.393 e. The van der Waals surface area contributed by atoms with Gasteiger partial charge in [0.1, 0.15) is 58.3 Å². The first-order valence-electron chi connectivity index (χ1n) is 14.0. The third-order valence-electron chi connectivity index (χ3n) is 9.11. The molecule has 16 heteroatoms. The number of aliphatic hydroxyl groups excluding tert-OH is 3. The van der Waals surface area contributed by atoms with Gasteiger partial charge in [0.05, 0.1) is 51.8 Å². The minimum atomic E-state index is -1.25. The van der Waals surface area contributed by atoms with E-state index in [9.17, 15) is 30.6 Å². The Morgan fingerprint density at radius 2 is 0.951 bits per heavy atom. The van der Waals surface area contributed by atoms with Gasteiger partial charge in [0, 0.05) is 37.6 Å². The highest BCUT2D eigenvalue weighted by atomic mass is 16.7. The van der Waals surface area contributed by atoms with Gasteiger partial charge in [0.25, 0.3) is 0 Å². The number of ether oxygens (including phenoxy) is 7. The van der Waals surface area contributed by atoms with E-state index >= 15 is 0 Å². The summed E-state index contributed by atoms with van der Waals surface area (Å²) in [7, 11) is 16.8. The van der Waals surface area contributed by atoms with E-state index in [0.717, 1.165) is 6.42 Å². The van der Waals surface area contributed by atoms with E-state index in [4.69, 9.17) is 56.7 Å². The lowest BCUT2D eigenvalue weighted by Crippen LogP contribution is -2.60. The van der Waals surface area contributed by atoms with Gasteiger partial charge in [-0.3, -0.25) is 0 Å². The van der Waals surface area contributed by atoms with Gasteiger partial charge >= 0.3 is 0 Å². The highest BCUT2D eigenvalue weighted by molar-refractivity contribution is 6.11. The molecule has 13 nitrogen and oxygen atoms in total. The normalized spacial score (nSPS) is 49.2. The quantitative estimate of drug-likeness (QED) is 0.179. The van der Waals surface area contributed by atoms with Crippen LogP contribution in [0.3, 0.4) is 0 Å². The van der Waals surface area contributed by atoms with Crippen LogP contribution in [0.15, 0.2) is 0 Å². The predicted molar refractivity (Wildman–Crippen MR) is 142 cm³/mol. The molecular formula is C25H41B3O13. The van der Waals surface area contributed by atoms with Crippen molar-refractivity contribution in [2.45, 2.75) is 90.1 Å². The average molecular weight is 582 g/mol. The molecule has 6 rings (SSSR count). The zero-order chi connectivity index (χ0) is 30.0. The fourth-order valence-corrected chi connectivity index (χ4v) is 6.58. The first-order valence-corrected chi connectivity index (χ1v) is 14.0. The third kappa shape index (κ3) is 6.28. The summed E-state index contributed by atoms with van der Waals surface area (Å²) in [5.74, 6) is 0. The Hall–Kier alpha value is -0.325. The average Bonchev–Trinajstić information content (AvgIpc) is 3.35. The van der Waals surface area contributed by atoms with Crippen LogP contribution in [0.4, 0.5) is 0 Å². The molecule has 0 aromatic carbocycles. The first-order chi connectivity index (χ1) is 19.4. The molecule has 6 fully saturated rings. The lowest BCUT2D eigenvalue weighted by molar-refractivity contribution is -0.211. The van der Waals surface area contributed by atoms with Gasteiger partial charge in [-0.2, -0.15) is 0 Å². The van der Waals surface area contributed by atoms with Crippen LogP contribution < -0.4 is 0 Å². The second kappa shape index (κ2) is 13.0. The highest BCUT2D eigenvalue weighted by Gasteiger charge is 2.60. The van der Waals surface area contributed by atoms with Gasteiger partial charge in [-0.25, -0.2) is 0 Å². The highest BCUT2D eigenvalue weighted by Crippen LogP contribution is 2.45. The molecule has 228 valence electrons.